The Balaban J connectivity index is 1.60. The van der Waals surface area contributed by atoms with E-state index in [1.54, 1.807) is 12.1 Å². The van der Waals surface area contributed by atoms with E-state index in [1.807, 2.05) is 4.90 Å². The highest BCUT2D eigenvalue weighted by Gasteiger charge is 2.33. The van der Waals surface area contributed by atoms with Crippen LogP contribution >= 0.6 is 0 Å². The van der Waals surface area contributed by atoms with Gasteiger partial charge in [0.15, 0.2) is 0 Å². The number of carbonyl (C=O) groups excluding carboxylic acids is 1. The summed E-state index contributed by atoms with van der Waals surface area (Å²) in [5.41, 5.74) is 1.03. The lowest BCUT2D eigenvalue weighted by Crippen LogP contribution is -2.34. The maximum atomic E-state index is 13.0. The van der Waals surface area contributed by atoms with Crippen molar-refractivity contribution in [3.05, 3.63) is 35.6 Å². The van der Waals surface area contributed by atoms with Crippen LogP contribution in [-0.2, 0) is 11.3 Å². The lowest BCUT2D eigenvalue weighted by molar-refractivity contribution is -0.133. The largest absolute Gasteiger partial charge is 0.335 e. The quantitative estimate of drug-likeness (QED) is 0.792. The van der Waals surface area contributed by atoms with E-state index in [0.29, 0.717) is 30.8 Å². The Labute approximate surface area is 126 Å². The molecule has 3 heteroatoms. The predicted molar refractivity (Wildman–Crippen MR) is 81.2 cm³/mol. The smallest absolute Gasteiger partial charge is 0.223 e. The first-order valence-corrected chi connectivity index (χ1v) is 8.26. The number of halogens is 1. The molecule has 2 nitrogen and oxygen atoms in total. The van der Waals surface area contributed by atoms with Gasteiger partial charge in [0, 0.05) is 19.0 Å². The van der Waals surface area contributed by atoms with Crippen molar-refractivity contribution in [2.45, 2.75) is 64.0 Å². The van der Waals surface area contributed by atoms with Crippen LogP contribution in [0, 0.1) is 11.7 Å². The molecule has 1 aromatic rings. The van der Waals surface area contributed by atoms with Gasteiger partial charge in [-0.25, -0.2) is 4.39 Å². The topological polar surface area (TPSA) is 20.3 Å². The third-order valence-corrected chi connectivity index (χ3v) is 4.76. The summed E-state index contributed by atoms with van der Waals surface area (Å²) < 4.78 is 13.0. The van der Waals surface area contributed by atoms with Crippen molar-refractivity contribution >= 4 is 5.91 Å². The first-order valence-electron chi connectivity index (χ1n) is 8.26. The van der Waals surface area contributed by atoms with E-state index in [2.05, 4.69) is 0 Å². The lowest BCUT2D eigenvalue weighted by atomic mass is 9.86. The molecule has 0 unspecified atom stereocenters. The van der Waals surface area contributed by atoms with Crippen LogP contribution in [0.5, 0.6) is 0 Å². The van der Waals surface area contributed by atoms with E-state index < -0.39 is 0 Å². The molecular formula is C18H24FNO. The van der Waals surface area contributed by atoms with Crippen LogP contribution in [0.15, 0.2) is 24.3 Å². The van der Waals surface area contributed by atoms with Gasteiger partial charge in [-0.15, -0.1) is 0 Å². The molecule has 0 bridgehead atoms. The third-order valence-electron chi connectivity index (χ3n) is 4.76. The number of carbonyl (C=O) groups is 1. The van der Waals surface area contributed by atoms with Crippen LogP contribution in [0.3, 0.4) is 0 Å². The molecule has 114 valence electrons. The molecule has 2 saturated carbocycles. The van der Waals surface area contributed by atoms with E-state index in [9.17, 15) is 9.18 Å². The van der Waals surface area contributed by atoms with Crippen molar-refractivity contribution in [3.63, 3.8) is 0 Å². The third kappa shape index (κ3) is 4.05. The zero-order chi connectivity index (χ0) is 14.7. The molecule has 21 heavy (non-hydrogen) atoms. The minimum atomic E-state index is -0.217. The normalized spacial score (nSPS) is 19.5. The van der Waals surface area contributed by atoms with Gasteiger partial charge in [0.2, 0.25) is 5.91 Å². The first kappa shape index (κ1) is 14.6. The van der Waals surface area contributed by atoms with E-state index in [0.717, 1.165) is 18.4 Å². The van der Waals surface area contributed by atoms with E-state index >= 15 is 0 Å². The summed E-state index contributed by atoms with van der Waals surface area (Å²) in [6.07, 6.45) is 9.25. The number of rotatable bonds is 5. The number of nitrogens with zero attached hydrogens (tertiary/aromatic N) is 1. The van der Waals surface area contributed by atoms with Gasteiger partial charge < -0.3 is 4.90 Å². The van der Waals surface area contributed by atoms with Gasteiger partial charge in [0.1, 0.15) is 5.82 Å². The molecule has 1 amide bonds. The monoisotopic (exact) mass is 289 g/mol. The summed E-state index contributed by atoms with van der Waals surface area (Å²) in [6, 6.07) is 6.96. The fourth-order valence-electron chi connectivity index (χ4n) is 3.35. The Morgan fingerprint density at radius 1 is 1.05 bits per heavy atom. The number of amides is 1. The van der Waals surface area contributed by atoms with Gasteiger partial charge in [-0.05, 0) is 49.3 Å². The number of benzene rings is 1. The highest BCUT2D eigenvalue weighted by molar-refractivity contribution is 5.77. The van der Waals surface area contributed by atoms with Gasteiger partial charge in [0.25, 0.3) is 0 Å². The Bertz CT molecular complexity index is 474. The van der Waals surface area contributed by atoms with E-state index in [-0.39, 0.29) is 5.82 Å². The minimum Gasteiger partial charge on any atom is -0.335 e. The van der Waals surface area contributed by atoms with E-state index in [1.165, 1.54) is 44.2 Å². The van der Waals surface area contributed by atoms with Crippen LogP contribution in [-0.4, -0.2) is 16.8 Å². The standard InChI is InChI=1S/C18H24FNO/c19-16-8-6-15(7-9-16)13-20(17-10-11-17)18(21)12-14-4-2-1-3-5-14/h6-9,14,17H,1-5,10-13H2. The van der Waals surface area contributed by atoms with Crippen LogP contribution in [0.4, 0.5) is 4.39 Å². The first-order chi connectivity index (χ1) is 10.2. The zero-order valence-corrected chi connectivity index (χ0v) is 12.6. The highest BCUT2D eigenvalue weighted by atomic mass is 19.1. The Kier molecular flexibility index (Phi) is 4.57. The maximum absolute atomic E-state index is 13.0. The Morgan fingerprint density at radius 2 is 1.71 bits per heavy atom. The summed E-state index contributed by atoms with van der Waals surface area (Å²) in [5, 5.41) is 0. The van der Waals surface area contributed by atoms with Crippen molar-refractivity contribution in [2.24, 2.45) is 5.92 Å². The molecule has 0 saturated heterocycles. The molecule has 2 aliphatic carbocycles. The van der Waals surface area contributed by atoms with Gasteiger partial charge in [0.05, 0.1) is 0 Å². The summed E-state index contributed by atoms with van der Waals surface area (Å²) in [4.78, 5) is 14.6. The molecule has 0 aliphatic heterocycles. The van der Waals surface area contributed by atoms with Gasteiger partial charge in [-0.3, -0.25) is 4.79 Å². The van der Waals surface area contributed by atoms with Crippen molar-refractivity contribution in [1.82, 2.24) is 4.90 Å². The molecule has 0 radical (unpaired) electrons. The van der Waals surface area contributed by atoms with Gasteiger partial charge in [-0.2, -0.15) is 0 Å². The molecule has 2 aliphatic rings. The van der Waals surface area contributed by atoms with Crippen molar-refractivity contribution in [2.75, 3.05) is 0 Å². The summed E-state index contributed by atoms with van der Waals surface area (Å²) in [6.45, 7) is 0.635. The second kappa shape index (κ2) is 6.59. The van der Waals surface area contributed by atoms with Gasteiger partial charge >= 0.3 is 0 Å². The molecular weight excluding hydrogens is 265 g/mol. The van der Waals surface area contributed by atoms with Crippen LogP contribution < -0.4 is 0 Å². The molecule has 0 aromatic heterocycles. The fraction of sp³-hybridized carbons (Fsp3) is 0.611. The Morgan fingerprint density at radius 3 is 2.33 bits per heavy atom. The lowest BCUT2D eigenvalue weighted by Gasteiger charge is -2.27. The predicted octanol–water partition coefficient (Wildman–Crippen LogP) is 4.29. The molecule has 0 heterocycles. The molecule has 1 aromatic carbocycles. The average molecular weight is 289 g/mol. The van der Waals surface area contributed by atoms with E-state index in [4.69, 9.17) is 0 Å². The maximum Gasteiger partial charge on any atom is 0.223 e. The summed E-state index contributed by atoms with van der Waals surface area (Å²) in [7, 11) is 0. The molecule has 3 rings (SSSR count). The highest BCUT2D eigenvalue weighted by Crippen LogP contribution is 2.32. The van der Waals surface area contributed by atoms with Crippen LogP contribution in [0.2, 0.25) is 0 Å². The van der Waals surface area contributed by atoms with Crippen molar-refractivity contribution in [1.29, 1.82) is 0 Å². The van der Waals surface area contributed by atoms with Crippen LogP contribution in [0.1, 0.15) is 56.9 Å². The molecule has 0 atom stereocenters. The number of hydrogen-bond acceptors (Lipinski definition) is 1. The molecule has 0 spiro atoms. The van der Waals surface area contributed by atoms with Crippen molar-refractivity contribution < 1.29 is 9.18 Å². The Hall–Kier alpha value is -1.38. The fourth-order valence-corrected chi connectivity index (χ4v) is 3.35. The van der Waals surface area contributed by atoms with Crippen molar-refractivity contribution in [3.8, 4) is 0 Å². The number of hydrogen-bond donors (Lipinski definition) is 0. The summed E-state index contributed by atoms with van der Waals surface area (Å²) in [5.74, 6) is 0.666. The zero-order valence-electron chi connectivity index (χ0n) is 12.6. The second-order valence-corrected chi connectivity index (χ2v) is 6.59. The second-order valence-electron chi connectivity index (χ2n) is 6.59. The average Bonchev–Trinajstić information content (AvgIpc) is 3.32. The van der Waals surface area contributed by atoms with Crippen LogP contribution in [0.25, 0.3) is 0 Å². The molecule has 0 N–H and O–H groups in total. The SMILES string of the molecule is O=C(CC1CCCCC1)N(Cc1ccc(F)cc1)C1CC1. The summed E-state index contributed by atoms with van der Waals surface area (Å²) >= 11 is 0. The van der Waals surface area contributed by atoms with Gasteiger partial charge in [-0.1, -0.05) is 31.4 Å². The molecule has 2 fully saturated rings. The minimum absolute atomic E-state index is 0.217.